The van der Waals surface area contributed by atoms with Gasteiger partial charge in [0.15, 0.2) is 0 Å². The molecule has 1 fully saturated rings. The van der Waals surface area contributed by atoms with Crippen LogP contribution in [0.1, 0.15) is 36.4 Å². The number of amides is 1. The van der Waals surface area contributed by atoms with Crippen molar-refractivity contribution in [1.29, 1.82) is 5.26 Å². The van der Waals surface area contributed by atoms with Crippen LogP contribution in [0.25, 0.3) is 0 Å². The molecule has 0 aliphatic heterocycles. The van der Waals surface area contributed by atoms with Gasteiger partial charge in [-0.2, -0.15) is 5.26 Å². The van der Waals surface area contributed by atoms with Crippen LogP contribution < -0.4 is 5.32 Å². The van der Waals surface area contributed by atoms with Gasteiger partial charge in [0.25, 0.3) is 0 Å². The van der Waals surface area contributed by atoms with Gasteiger partial charge in [0.1, 0.15) is 17.5 Å². The van der Waals surface area contributed by atoms with E-state index in [0.29, 0.717) is 5.56 Å². The smallest absolute Gasteiger partial charge is 0.224 e. The van der Waals surface area contributed by atoms with Crippen LogP contribution in [0, 0.1) is 23.1 Å². The summed E-state index contributed by atoms with van der Waals surface area (Å²) in [6, 6.07) is 15.7. The Morgan fingerprint density at radius 2 is 1.88 bits per heavy atom. The van der Waals surface area contributed by atoms with E-state index < -0.39 is 23.4 Å². The molecule has 0 aromatic heterocycles. The molecule has 5 heteroatoms. The summed E-state index contributed by atoms with van der Waals surface area (Å²) in [7, 11) is 0. The fraction of sp³-hybridized carbons (Fsp3) is 0.300. The Kier molecular flexibility index (Phi) is 4.82. The minimum atomic E-state index is -1.26. The van der Waals surface area contributed by atoms with Crippen LogP contribution in [0.5, 0.6) is 0 Å². The summed E-state index contributed by atoms with van der Waals surface area (Å²) in [5.41, 5.74) is -0.458. The third kappa shape index (κ3) is 3.70. The predicted molar refractivity (Wildman–Crippen MR) is 90.6 cm³/mol. The first-order chi connectivity index (χ1) is 12.0. The fourth-order valence-corrected chi connectivity index (χ4v) is 3.12. The van der Waals surface area contributed by atoms with E-state index in [1.807, 2.05) is 24.3 Å². The van der Waals surface area contributed by atoms with Gasteiger partial charge in [0.2, 0.25) is 5.91 Å². The van der Waals surface area contributed by atoms with E-state index in [-0.39, 0.29) is 17.9 Å². The molecule has 1 amide bonds. The summed E-state index contributed by atoms with van der Waals surface area (Å²) < 4.78 is 13.9. The Labute approximate surface area is 145 Å². The summed E-state index contributed by atoms with van der Waals surface area (Å²) in [5, 5.41) is 22.9. The molecular weight excluding hydrogens is 319 g/mol. The van der Waals surface area contributed by atoms with Crippen LogP contribution in [-0.2, 0) is 10.4 Å². The van der Waals surface area contributed by atoms with Crippen LogP contribution >= 0.6 is 0 Å². The number of aliphatic hydroxyl groups is 1. The molecule has 0 unspecified atom stereocenters. The number of halogens is 1. The average molecular weight is 338 g/mol. The third-order valence-corrected chi connectivity index (χ3v) is 4.61. The number of benzene rings is 2. The molecule has 2 aromatic rings. The van der Waals surface area contributed by atoms with Gasteiger partial charge in [-0.1, -0.05) is 48.5 Å². The van der Waals surface area contributed by atoms with Crippen molar-refractivity contribution in [2.75, 3.05) is 0 Å². The van der Waals surface area contributed by atoms with Gasteiger partial charge in [-0.05, 0) is 30.4 Å². The van der Waals surface area contributed by atoms with Crippen LogP contribution in [0.4, 0.5) is 4.39 Å². The number of hydrogen-bond acceptors (Lipinski definition) is 3. The highest BCUT2D eigenvalue weighted by Crippen LogP contribution is 2.47. The summed E-state index contributed by atoms with van der Waals surface area (Å²) in [6.07, 6.45) is 1.55. The minimum Gasteiger partial charge on any atom is -0.384 e. The van der Waals surface area contributed by atoms with Gasteiger partial charge >= 0.3 is 0 Å². The van der Waals surface area contributed by atoms with Crippen LogP contribution in [0.3, 0.4) is 0 Å². The molecule has 1 aliphatic carbocycles. The molecule has 1 aliphatic rings. The highest BCUT2D eigenvalue weighted by atomic mass is 19.1. The molecular formula is C20H19FN2O2. The highest BCUT2D eigenvalue weighted by Gasteiger charge is 2.46. The van der Waals surface area contributed by atoms with E-state index in [4.69, 9.17) is 0 Å². The molecule has 2 atom stereocenters. The van der Waals surface area contributed by atoms with Crippen LogP contribution in [0.2, 0.25) is 0 Å². The van der Waals surface area contributed by atoms with Gasteiger partial charge < -0.3 is 10.4 Å². The Hall–Kier alpha value is -2.71. The lowest BCUT2D eigenvalue weighted by Crippen LogP contribution is -2.38. The van der Waals surface area contributed by atoms with Crippen molar-refractivity contribution in [3.05, 3.63) is 71.5 Å². The van der Waals surface area contributed by atoms with Crippen molar-refractivity contribution in [3.8, 4) is 6.07 Å². The molecule has 0 radical (unpaired) electrons. The highest BCUT2D eigenvalue weighted by molar-refractivity contribution is 5.78. The molecule has 2 aromatic carbocycles. The average Bonchev–Trinajstić information content (AvgIpc) is 3.46. The largest absolute Gasteiger partial charge is 0.384 e. The van der Waals surface area contributed by atoms with E-state index in [1.54, 1.807) is 18.2 Å². The normalized spacial score (nSPS) is 17.2. The molecule has 25 heavy (non-hydrogen) atoms. The number of nitriles is 1. The molecule has 0 bridgehead atoms. The first kappa shape index (κ1) is 17.1. The van der Waals surface area contributed by atoms with E-state index in [1.165, 1.54) is 18.2 Å². The van der Waals surface area contributed by atoms with Crippen molar-refractivity contribution >= 4 is 5.91 Å². The van der Waals surface area contributed by atoms with Crippen molar-refractivity contribution in [1.82, 2.24) is 5.32 Å². The minimum absolute atomic E-state index is 0.0228. The molecule has 4 nitrogen and oxygen atoms in total. The van der Waals surface area contributed by atoms with Gasteiger partial charge in [0.05, 0.1) is 12.5 Å². The monoisotopic (exact) mass is 338 g/mol. The number of nitrogens with one attached hydrogen (secondary N) is 1. The SMILES string of the molecule is N#C[C@@H](NC(=O)C[C@](O)(c1ccccc1)C1CC1)c1ccccc1F. The molecule has 0 spiro atoms. The Balaban J connectivity index is 1.76. The summed E-state index contributed by atoms with van der Waals surface area (Å²) >= 11 is 0. The van der Waals surface area contributed by atoms with Gasteiger partial charge in [-0.3, -0.25) is 4.79 Å². The molecule has 2 N–H and O–H groups in total. The molecule has 0 saturated heterocycles. The number of carbonyl (C=O) groups is 1. The van der Waals surface area contributed by atoms with Gasteiger partial charge in [-0.15, -0.1) is 0 Å². The summed E-state index contributed by atoms with van der Waals surface area (Å²) in [5.74, 6) is -1.00. The Bertz CT molecular complexity index is 799. The zero-order valence-electron chi connectivity index (χ0n) is 13.7. The first-order valence-electron chi connectivity index (χ1n) is 8.26. The summed E-state index contributed by atoms with van der Waals surface area (Å²) in [4.78, 5) is 12.5. The lowest BCUT2D eigenvalue weighted by Gasteiger charge is -2.28. The maximum absolute atomic E-state index is 13.9. The van der Waals surface area contributed by atoms with E-state index in [0.717, 1.165) is 12.8 Å². The quantitative estimate of drug-likeness (QED) is 0.849. The predicted octanol–water partition coefficient (Wildman–Crippen LogP) is 3.19. The molecule has 1 saturated carbocycles. The van der Waals surface area contributed by atoms with Crippen molar-refractivity contribution in [3.63, 3.8) is 0 Å². The van der Waals surface area contributed by atoms with E-state index in [2.05, 4.69) is 5.32 Å². The first-order valence-corrected chi connectivity index (χ1v) is 8.26. The molecule has 3 rings (SSSR count). The number of nitrogens with zero attached hydrogens (tertiary/aromatic N) is 1. The zero-order valence-corrected chi connectivity index (χ0v) is 13.7. The van der Waals surface area contributed by atoms with Gasteiger partial charge in [-0.25, -0.2) is 4.39 Å². The Morgan fingerprint density at radius 3 is 2.48 bits per heavy atom. The van der Waals surface area contributed by atoms with E-state index in [9.17, 15) is 19.6 Å². The molecule has 128 valence electrons. The number of carbonyl (C=O) groups excluding carboxylic acids is 1. The van der Waals surface area contributed by atoms with E-state index >= 15 is 0 Å². The van der Waals surface area contributed by atoms with Crippen molar-refractivity contribution in [2.45, 2.75) is 30.9 Å². The second kappa shape index (κ2) is 7.04. The van der Waals surface area contributed by atoms with Crippen LogP contribution in [-0.4, -0.2) is 11.0 Å². The van der Waals surface area contributed by atoms with Crippen molar-refractivity contribution < 1.29 is 14.3 Å². The topological polar surface area (TPSA) is 73.1 Å². The standard InChI is InChI=1S/C20H19FN2O2/c21-17-9-5-4-8-16(17)18(13-22)23-19(24)12-20(25,15-10-11-15)14-6-2-1-3-7-14/h1-9,15,18,25H,10-12H2,(H,23,24)/t18-,20+/m1/s1. The number of hydrogen-bond donors (Lipinski definition) is 2. The van der Waals surface area contributed by atoms with Gasteiger partial charge in [0, 0.05) is 5.56 Å². The maximum atomic E-state index is 13.9. The second-order valence-electron chi connectivity index (χ2n) is 6.39. The number of rotatable bonds is 6. The lowest BCUT2D eigenvalue weighted by atomic mass is 9.85. The summed E-state index contributed by atoms with van der Waals surface area (Å²) in [6.45, 7) is 0. The third-order valence-electron chi connectivity index (χ3n) is 4.61. The maximum Gasteiger partial charge on any atom is 0.224 e. The second-order valence-corrected chi connectivity index (χ2v) is 6.39. The zero-order chi connectivity index (χ0) is 17.9. The van der Waals surface area contributed by atoms with Crippen molar-refractivity contribution in [2.24, 2.45) is 5.92 Å². The Morgan fingerprint density at radius 1 is 1.24 bits per heavy atom. The molecule has 0 heterocycles. The van der Waals surface area contributed by atoms with Crippen LogP contribution in [0.15, 0.2) is 54.6 Å². The fourth-order valence-electron chi connectivity index (χ4n) is 3.12. The lowest BCUT2D eigenvalue weighted by molar-refractivity contribution is -0.128.